The summed E-state index contributed by atoms with van der Waals surface area (Å²) in [5, 5.41) is 12.6. The van der Waals surface area contributed by atoms with E-state index in [2.05, 4.69) is 35.7 Å². The van der Waals surface area contributed by atoms with E-state index in [0.717, 1.165) is 43.6 Å². The minimum Gasteiger partial charge on any atom is -0.385 e. The van der Waals surface area contributed by atoms with Gasteiger partial charge >= 0.3 is 0 Å². The summed E-state index contributed by atoms with van der Waals surface area (Å²) in [6.45, 7) is 0.774. The predicted octanol–water partition coefficient (Wildman–Crippen LogP) is 3.86. The molecule has 1 aromatic rings. The summed E-state index contributed by atoms with van der Waals surface area (Å²) < 4.78 is 5.05. The van der Waals surface area contributed by atoms with Crippen molar-refractivity contribution < 1.29 is 9.57 Å². The molecule has 0 aromatic heterocycles. The highest BCUT2D eigenvalue weighted by Gasteiger charge is 2.05. The lowest BCUT2D eigenvalue weighted by Gasteiger charge is -2.07. The lowest BCUT2D eigenvalue weighted by atomic mass is 10.0. The third-order valence-electron chi connectivity index (χ3n) is 2.99. The number of thioether (sulfide) groups is 1. The van der Waals surface area contributed by atoms with Crippen LogP contribution in [0.5, 0.6) is 0 Å². The number of rotatable bonds is 10. The van der Waals surface area contributed by atoms with Crippen LogP contribution in [0.2, 0.25) is 0 Å². The van der Waals surface area contributed by atoms with Crippen molar-refractivity contribution in [3.05, 3.63) is 29.8 Å². The second-order valence-electron chi connectivity index (χ2n) is 4.50. The third-order valence-corrected chi connectivity index (χ3v) is 3.73. The minimum absolute atomic E-state index is 0.0178. The molecule has 0 radical (unpaired) electrons. The molecule has 0 amide bonds. The van der Waals surface area contributed by atoms with E-state index in [4.69, 9.17) is 14.8 Å². The minimum atomic E-state index is -0.0178. The molecule has 0 spiro atoms. The van der Waals surface area contributed by atoms with Crippen molar-refractivity contribution in [3.63, 3.8) is 0 Å². The summed E-state index contributed by atoms with van der Waals surface area (Å²) in [5.74, 6) is 0. The van der Waals surface area contributed by atoms with Crippen molar-refractivity contribution in [1.82, 2.24) is 0 Å². The van der Waals surface area contributed by atoms with Crippen LogP contribution >= 0.6 is 11.8 Å². The quantitative estimate of drug-likeness (QED) is 0.285. The van der Waals surface area contributed by atoms with E-state index in [1.807, 2.05) is 6.07 Å². The SMILES string of the molecule is COCCCCCC(=NOCC#N)c1ccc(SC)cc1. The van der Waals surface area contributed by atoms with Gasteiger partial charge in [0, 0.05) is 18.6 Å². The summed E-state index contributed by atoms with van der Waals surface area (Å²) in [6.07, 6.45) is 6.06. The molecule has 0 N–H and O–H groups in total. The highest BCUT2D eigenvalue weighted by atomic mass is 32.2. The highest BCUT2D eigenvalue weighted by molar-refractivity contribution is 7.98. The van der Waals surface area contributed by atoms with E-state index >= 15 is 0 Å². The first-order chi connectivity index (χ1) is 10.3. The van der Waals surface area contributed by atoms with Gasteiger partial charge in [0.25, 0.3) is 0 Å². The van der Waals surface area contributed by atoms with Crippen molar-refractivity contribution in [2.24, 2.45) is 5.16 Å². The molecule has 0 bridgehead atoms. The first-order valence-electron chi connectivity index (χ1n) is 7.01. The van der Waals surface area contributed by atoms with Crippen LogP contribution in [0.4, 0.5) is 0 Å². The smallest absolute Gasteiger partial charge is 0.202 e. The third kappa shape index (κ3) is 7.16. The summed E-state index contributed by atoms with van der Waals surface area (Å²) in [7, 11) is 1.72. The zero-order valence-electron chi connectivity index (χ0n) is 12.7. The van der Waals surface area contributed by atoms with Crippen LogP contribution < -0.4 is 0 Å². The largest absolute Gasteiger partial charge is 0.385 e. The maximum atomic E-state index is 8.53. The number of oxime groups is 1. The molecule has 0 aliphatic carbocycles. The Hall–Kier alpha value is -1.51. The van der Waals surface area contributed by atoms with Crippen LogP contribution in [0.25, 0.3) is 0 Å². The number of unbranched alkanes of at least 4 members (excludes halogenated alkanes) is 2. The molecule has 4 nitrogen and oxygen atoms in total. The van der Waals surface area contributed by atoms with Crippen molar-refractivity contribution in [3.8, 4) is 6.07 Å². The summed E-state index contributed by atoms with van der Waals surface area (Å²) in [5.41, 5.74) is 1.95. The molecule has 0 fully saturated rings. The van der Waals surface area contributed by atoms with Gasteiger partial charge in [-0.15, -0.1) is 11.8 Å². The molecule has 0 heterocycles. The van der Waals surface area contributed by atoms with Gasteiger partial charge in [0.1, 0.15) is 6.07 Å². The Morgan fingerprint density at radius 1 is 1.24 bits per heavy atom. The fourth-order valence-corrected chi connectivity index (χ4v) is 2.29. The molecular formula is C16H22N2O2S. The first-order valence-corrected chi connectivity index (χ1v) is 8.23. The lowest BCUT2D eigenvalue weighted by Crippen LogP contribution is -2.03. The maximum Gasteiger partial charge on any atom is 0.202 e. The highest BCUT2D eigenvalue weighted by Crippen LogP contribution is 2.17. The molecular weight excluding hydrogens is 284 g/mol. The number of hydrogen-bond acceptors (Lipinski definition) is 5. The molecule has 0 aliphatic heterocycles. The molecule has 0 atom stereocenters. The molecule has 5 heteroatoms. The Morgan fingerprint density at radius 3 is 2.62 bits per heavy atom. The molecule has 1 aromatic carbocycles. The standard InChI is InChI=1S/C16H22N2O2S/c1-19-12-5-3-4-6-16(18-20-13-11-17)14-7-9-15(21-2)10-8-14/h7-10H,3-6,12-13H2,1-2H3. The summed E-state index contributed by atoms with van der Waals surface area (Å²) >= 11 is 1.71. The predicted molar refractivity (Wildman–Crippen MR) is 86.7 cm³/mol. The fourth-order valence-electron chi connectivity index (χ4n) is 1.88. The van der Waals surface area contributed by atoms with E-state index in [1.165, 1.54) is 4.90 Å². The molecule has 0 aliphatic rings. The van der Waals surface area contributed by atoms with E-state index in [0.29, 0.717) is 0 Å². The first kappa shape index (κ1) is 17.5. The zero-order valence-corrected chi connectivity index (χ0v) is 13.5. The Balaban J connectivity index is 2.62. The molecule has 1 rings (SSSR count). The van der Waals surface area contributed by atoms with Gasteiger partial charge in [-0.3, -0.25) is 0 Å². The van der Waals surface area contributed by atoms with Crippen LogP contribution in [0, 0.1) is 11.3 Å². The van der Waals surface area contributed by atoms with Crippen LogP contribution in [0.15, 0.2) is 34.3 Å². The van der Waals surface area contributed by atoms with Gasteiger partial charge in [0.15, 0.2) is 0 Å². The van der Waals surface area contributed by atoms with Crippen molar-refractivity contribution in [2.75, 3.05) is 26.6 Å². The normalized spacial score (nSPS) is 11.2. The van der Waals surface area contributed by atoms with Crippen molar-refractivity contribution in [2.45, 2.75) is 30.6 Å². The number of ether oxygens (including phenoxy) is 1. The van der Waals surface area contributed by atoms with Crippen molar-refractivity contribution >= 4 is 17.5 Å². The van der Waals surface area contributed by atoms with Gasteiger partial charge in [-0.1, -0.05) is 23.7 Å². The number of nitriles is 1. The van der Waals surface area contributed by atoms with E-state index < -0.39 is 0 Å². The van der Waals surface area contributed by atoms with Crippen LogP contribution in [0.1, 0.15) is 31.2 Å². The van der Waals surface area contributed by atoms with Crippen molar-refractivity contribution in [1.29, 1.82) is 5.26 Å². The molecule has 0 unspecified atom stereocenters. The maximum absolute atomic E-state index is 8.53. The topological polar surface area (TPSA) is 54.6 Å². The molecule has 21 heavy (non-hydrogen) atoms. The Labute approximate surface area is 131 Å². The monoisotopic (exact) mass is 306 g/mol. The fraction of sp³-hybridized carbons (Fsp3) is 0.500. The van der Waals surface area contributed by atoms with Gasteiger partial charge in [0.2, 0.25) is 6.61 Å². The number of hydrogen-bond donors (Lipinski definition) is 0. The van der Waals surface area contributed by atoms with Crippen LogP contribution in [-0.2, 0) is 9.57 Å². The van der Waals surface area contributed by atoms with Gasteiger partial charge < -0.3 is 9.57 Å². The summed E-state index contributed by atoms with van der Waals surface area (Å²) in [6, 6.07) is 10.2. The summed E-state index contributed by atoms with van der Waals surface area (Å²) in [4.78, 5) is 6.25. The Morgan fingerprint density at radius 2 is 2.00 bits per heavy atom. The molecule has 114 valence electrons. The van der Waals surface area contributed by atoms with E-state index in [9.17, 15) is 0 Å². The van der Waals surface area contributed by atoms with Gasteiger partial charge in [0.05, 0.1) is 5.71 Å². The Bertz CT molecular complexity index is 466. The lowest BCUT2D eigenvalue weighted by molar-refractivity contribution is 0.177. The van der Waals surface area contributed by atoms with Gasteiger partial charge in [-0.2, -0.15) is 5.26 Å². The number of nitrogens with zero attached hydrogens (tertiary/aromatic N) is 2. The van der Waals surface area contributed by atoms with Crippen LogP contribution in [-0.4, -0.2) is 32.3 Å². The number of methoxy groups -OCH3 is 1. The van der Waals surface area contributed by atoms with E-state index in [1.54, 1.807) is 18.9 Å². The van der Waals surface area contributed by atoms with Gasteiger partial charge in [-0.25, -0.2) is 0 Å². The average molecular weight is 306 g/mol. The van der Waals surface area contributed by atoms with E-state index in [-0.39, 0.29) is 6.61 Å². The second-order valence-corrected chi connectivity index (χ2v) is 5.38. The second kappa shape index (κ2) is 11.2. The Kier molecular flexibility index (Phi) is 9.34. The molecule has 0 saturated carbocycles. The molecule has 0 saturated heterocycles. The van der Waals surface area contributed by atoms with Gasteiger partial charge in [-0.05, 0) is 43.2 Å². The average Bonchev–Trinajstić information content (AvgIpc) is 2.53. The van der Waals surface area contributed by atoms with Crippen LogP contribution in [0.3, 0.4) is 0 Å². The zero-order chi connectivity index (χ0) is 15.3. The number of benzene rings is 1.